The molecular weight excluding hydrogens is 332 g/mol. The first-order valence-corrected chi connectivity index (χ1v) is 7.49. The van der Waals surface area contributed by atoms with Crippen LogP contribution in [0.1, 0.15) is 21.7 Å². The van der Waals surface area contributed by atoms with Gasteiger partial charge in [-0.2, -0.15) is 0 Å². The number of benzene rings is 2. The SMILES string of the molecule is Cc1ccc(NC(=O)c2oc3ccc(Cl)cc3c2C)cc1[N+](=O)[O-]. The third-order valence-electron chi connectivity index (χ3n) is 3.77. The molecule has 0 unspecified atom stereocenters. The fourth-order valence-electron chi connectivity index (χ4n) is 2.48. The Balaban J connectivity index is 1.94. The van der Waals surface area contributed by atoms with Crippen LogP contribution in [0.5, 0.6) is 0 Å². The van der Waals surface area contributed by atoms with Gasteiger partial charge in [0.2, 0.25) is 0 Å². The van der Waals surface area contributed by atoms with Gasteiger partial charge in [-0.05, 0) is 38.1 Å². The molecule has 0 bridgehead atoms. The van der Waals surface area contributed by atoms with Crippen molar-refractivity contribution in [3.8, 4) is 0 Å². The largest absolute Gasteiger partial charge is 0.451 e. The number of carbonyl (C=O) groups excluding carboxylic acids is 1. The molecule has 7 heteroatoms. The molecule has 6 nitrogen and oxygen atoms in total. The Hall–Kier alpha value is -2.86. The minimum absolute atomic E-state index is 0.0547. The number of hydrogen-bond donors (Lipinski definition) is 1. The van der Waals surface area contributed by atoms with Crippen LogP contribution in [0.25, 0.3) is 11.0 Å². The van der Waals surface area contributed by atoms with E-state index in [1.54, 1.807) is 44.2 Å². The number of carbonyl (C=O) groups is 1. The summed E-state index contributed by atoms with van der Waals surface area (Å²) in [6.45, 7) is 3.39. The lowest BCUT2D eigenvalue weighted by atomic mass is 10.1. The zero-order chi connectivity index (χ0) is 17.4. The molecule has 0 aliphatic heterocycles. The van der Waals surface area contributed by atoms with Crippen molar-refractivity contribution >= 4 is 39.9 Å². The first kappa shape index (κ1) is 16.0. The van der Waals surface area contributed by atoms with Crippen LogP contribution in [0.2, 0.25) is 5.02 Å². The number of amides is 1. The van der Waals surface area contributed by atoms with Gasteiger partial charge in [0, 0.05) is 33.3 Å². The molecule has 3 rings (SSSR count). The standard InChI is InChI=1S/C17H13ClN2O4/c1-9-3-5-12(8-14(9)20(22)23)19-17(21)16-10(2)13-7-11(18)4-6-15(13)24-16/h3-8H,1-2H3,(H,19,21). The number of rotatable bonds is 3. The average Bonchev–Trinajstić information content (AvgIpc) is 2.86. The number of nitrogens with one attached hydrogen (secondary N) is 1. The molecule has 0 fully saturated rings. The van der Waals surface area contributed by atoms with E-state index in [2.05, 4.69) is 5.32 Å². The number of hydrogen-bond acceptors (Lipinski definition) is 4. The highest BCUT2D eigenvalue weighted by atomic mass is 35.5. The lowest BCUT2D eigenvalue weighted by Gasteiger charge is -2.05. The first-order chi connectivity index (χ1) is 11.4. The second-order valence-corrected chi connectivity index (χ2v) is 5.85. The molecule has 0 radical (unpaired) electrons. The van der Waals surface area contributed by atoms with E-state index in [9.17, 15) is 14.9 Å². The van der Waals surface area contributed by atoms with Gasteiger partial charge in [-0.3, -0.25) is 14.9 Å². The molecule has 0 spiro atoms. The first-order valence-electron chi connectivity index (χ1n) is 7.12. The highest BCUT2D eigenvalue weighted by Gasteiger charge is 2.19. The fourth-order valence-corrected chi connectivity index (χ4v) is 2.65. The lowest BCUT2D eigenvalue weighted by Crippen LogP contribution is -2.12. The van der Waals surface area contributed by atoms with Crippen molar-refractivity contribution in [3.05, 3.63) is 68.4 Å². The Kier molecular flexibility index (Phi) is 3.99. The topological polar surface area (TPSA) is 85.4 Å². The van der Waals surface area contributed by atoms with Gasteiger partial charge in [0.25, 0.3) is 11.6 Å². The predicted molar refractivity (Wildman–Crippen MR) is 91.7 cm³/mol. The van der Waals surface area contributed by atoms with E-state index in [0.717, 1.165) is 5.39 Å². The van der Waals surface area contributed by atoms with Gasteiger partial charge in [-0.1, -0.05) is 17.7 Å². The highest BCUT2D eigenvalue weighted by molar-refractivity contribution is 6.31. The Morgan fingerprint density at radius 3 is 2.67 bits per heavy atom. The van der Waals surface area contributed by atoms with Crippen LogP contribution < -0.4 is 5.32 Å². The van der Waals surface area contributed by atoms with E-state index in [0.29, 0.717) is 27.4 Å². The van der Waals surface area contributed by atoms with Crippen LogP contribution in [-0.2, 0) is 0 Å². The third-order valence-corrected chi connectivity index (χ3v) is 4.00. The quantitative estimate of drug-likeness (QED) is 0.543. The third kappa shape index (κ3) is 2.83. The number of nitro groups is 1. The van der Waals surface area contributed by atoms with E-state index < -0.39 is 10.8 Å². The zero-order valence-electron chi connectivity index (χ0n) is 12.9. The summed E-state index contributed by atoms with van der Waals surface area (Å²) in [6, 6.07) is 9.61. The van der Waals surface area contributed by atoms with Crippen molar-refractivity contribution in [3.63, 3.8) is 0 Å². The summed E-state index contributed by atoms with van der Waals surface area (Å²) in [6.07, 6.45) is 0. The summed E-state index contributed by atoms with van der Waals surface area (Å²) in [5.41, 5.74) is 2.01. The molecule has 0 atom stereocenters. The van der Waals surface area contributed by atoms with Crippen molar-refractivity contribution in [2.24, 2.45) is 0 Å². The number of anilines is 1. The highest BCUT2D eigenvalue weighted by Crippen LogP contribution is 2.29. The maximum absolute atomic E-state index is 12.4. The summed E-state index contributed by atoms with van der Waals surface area (Å²) in [5, 5.41) is 14.9. The molecular formula is C17H13ClN2O4. The van der Waals surface area contributed by atoms with Crippen molar-refractivity contribution < 1.29 is 14.1 Å². The molecule has 1 heterocycles. The van der Waals surface area contributed by atoms with Crippen LogP contribution >= 0.6 is 11.6 Å². The van der Waals surface area contributed by atoms with Gasteiger partial charge in [0.15, 0.2) is 5.76 Å². The van der Waals surface area contributed by atoms with Gasteiger partial charge in [-0.25, -0.2) is 0 Å². The zero-order valence-corrected chi connectivity index (χ0v) is 13.7. The Morgan fingerprint density at radius 2 is 1.96 bits per heavy atom. The van der Waals surface area contributed by atoms with E-state index in [1.165, 1.54) is 6.07 Å². The van der Waals surface area contributed by atoms with Crippen LogP contribution in [0.4, 0.5) is 11.4 Å². The molecule has 0 aliphatic carbocycles. The van der Waals surface area contributed by atoms with Gasteiger partial charge in [-0.15, -0.1) is 0 Å². The average molecular weight is 345 g/mol. The number of halogens is 1. The van der Waals surface area contributed by atoms with E-state index in [1.807, 2.05) is 0 Å². The van der Waals surface area contributed by atoms with Gasteiger partial charge >= 0.3 is 0 Å². The second kappa shape index (κ2) is 5.98. The maximum Gasteiger partial charge on any atom is 0.291 e. The molecule has 2 aromatic carbocycles. The number of nitro benzene ring substituents is 1. The molecule has 24 heavy (non-hydrogen) atoms. The van der Waals surface area contributed by atoms with E-state index in [-0.39, 0.29) is 11.4 Å². The smallest absolute Gasteiger partial charge is 0.291 e. The number of fused-ring (bicyclic) bond motifs is 1. The molecule has 0 saturated heterocycles. The molecule has 0 saturated carbocycles. The Labute approximate surface area is 142 Å². The van der Waals surface area contributed by atoms with Crippen LogP contribution in [-0.4, -0.2) is 10.8 Å². The molecule has 1 N–H and O–H groups in total. The van der Waals surface area contributed by atoms with Gasteiger partial charge in [0.1, 0.15) is 5.58 Å². The maximum atomic E-state index is 12.4. The second-order valence-electron chi connectivity index (χ2n) is 5.41. The summed E-state index contributed by atoms with van der Waals surface area (Å²) < 4.78 is 5.58. The van der Waals surface area contributed by atoms with Crippen molar-refractivity contribution in [1.29, 1.82) is 0 Å². The van der Waals surface area contributed by atoms with Crippen LogP contribution in [0.15, 0.2) is 40.8 Å². The summed E-state index contributed by atoms with van der Waals surface area (Å²) in [5.74, 6) is -0.325. The monoisotopic (exact) mass is 344 g/mol. The normalized spacial score (nSPS) is 10.8. The Morgan fingerprint density at radius 1 is 1.21 bits per heavy atom. The molecule has 1 amide bonds. The van der Waals surface area contributed by atoms with E-state index in [4.69, 9.17) is 16.0 Å². The molecule has 122 valence electrons. The number of furan rings is 1. The van der Waals surface area contributed by atoms with Gasteiger partial charge in [0.05, 0.1) is 4.92 Å². The summed E-state index contributed by atoms with van der Waals surface area (Å²) >= 11 is 5.97. The predicted octanol–water partition coefficient (Wildman–Crippen LogP) is 4.86. The molecule has 0 aliphatic rings. The van der Waals surface area contributed by atoms with E-state index >= 15 is 0 Å². The van der Waals surface area contributed by atoms with Crippen LogP contribution in [0.3, 0.4) is 0 Å². The minimum atomic E-state index is -0.487. The van der Waals surface area contributed by atoms with Crippen molar-refractivity contribution in [2.45, 2.75) is 13.8 Å². The molecule has 1 aromatic heterocycles. The Bertz CT molecular complexity index is 978. The minimum Gasteiger partial charge on any atom is -0.451 e. The lowest BCUT2D eigenvalue weighted by molar-refractivity contribution is -0.385. The van der Waals surface area contributed by atoms with Crippen molar-refractivity contribution in [1.82, 2.24) is 0 Å². The number of aryl methyl sites for hydroxylation is 2. The van der Waals surface area contributed by atoms with Crippen molar-refractivity contribution in [2.75, 3.05) is 5.32 Å². The van der Waals surface area contributed by atoms with Gasteiger partial charge < -0.3 is 9.73 Å². The summed E-state index contributed by atoms with van der Waals surface area (Å²) in [7, 11) is 0. The fraction of sp³-hybridized carbons (Fsp3) is 0.118. The number of nitrogens with zero attached hydrogens (tertiary/aromatic N) is 1. The molecule has 3 aromatic rings. The summed E-state index contributed by atoms with van der Waals surface area (Å²) in [4.78, 5) is 23.0. The van der Waals surface area contributed by atoms with Crippen LogP contribution in [0, 0.1) is 24.0 Å².